The molecule has 0 unspecified atom stereocenters. The molecule has 2 aromatic rings. The predicted octanol–water partition coefficient (Wildman–Crippen LogP) is 3.29. The largest absolute Gasteiger partial charge is 0.307 e. The van der Waals surface area contributed by atoms with Crippen molar-refractivity contribution in [3.63, 3.8) is 0 Å². The number of thiazole rings is 1. The zero-order valence-electron chi connectivity index (χ0n) is 9.60. The molecular weight excluding hydrogens is 264 g/mol. The SMILES string of the molecule is Cc1cccc2c1N=CC2=Cc1sc(=O)[nH]c1S. The molecule has 1 aliphatic heterocycles. The van der Waals surface area contributed by atoms with Crippen LogP contribution >= 0.6 is 24.0 Å². The summed E-state index contributed by atoms with van der Waals surface area (Å²) in [7, 11) is 0. The number of H-pyrrole nitrogens is 1. The summed E-state index contributed by atoms with van der Waals surface area (Å²) in [5.41, 5.74) is 4.27. The Balaban J connectivity index is 2.13. The number of aliphatic imine (C=N–C) groups is 1. The van der Waals surface area contributed by atoms with Crippen LogP contribution < -0.4 is 4.87 Å². The third kappa shape index (κ3) is 1.85. The highest BCUT2D eigenvalue weighted by Gasteiger charge is 2.14. The van der Waals surface area contributed by atoms with Crippen LogP contribution in [0.5, 0.6) is 0 Å². The molecule has 0 saturated heterocycles. The van der Waals surface area contributed by atoms with E-state index in [1.807, 2.05) is 37.4 Å². The third-order valence-electron chi connectivity index (χ3n) is 2.82. The minimum absolute atomic E-state index is 0.0914. The number of hydrogen-bond donors (Lipinski definition) is 2. The molecule has 1 N–H and O–H groups in total. The summed E-state index contributed by atoms with van der Waals surface area (Å²) < 4.78 is 0. The van der Waals surface area contributed by atoms with E-state index in [4.69, 9.17) is 0 Å². The minimum Gasteiger partial charge on any atom is -0.307 e. The molecule has 1 aromatic heterocycles. The van der Waals surface area contributed by atoms with Crippen LogP contribution in [0, 0.1) is 6.92 Å². The van der Waals surface area contributed by atoms with E-state index in [2.05, 4.69) is 22.6 Å². The lowest BCUT2D eigenvalue weighted by Gasteiger charge is -2.01. The van der Waals surface area contributed by atoms with E-state index in [0.717, 1.165) is 38.6 Å². The number of allylic oxidation sites excluding steroid dienone is 1. The first kappa shape index (κ1) is 11.5. The van der Waals surface area contributed by atoms with E-state index in [1.54, 1.807) is 0 Å². The van der Waals surface area contributed by atoms with Crippen molar-refractivity contribution in [3.05, 3.63) is 43.9 Å². The lowest BCUT2D eigenvalue weighted by atomic mass is 10.0. The van der Waals surface area contributed by atoms with Crippen LogP contribution in [0.15, 0.2) is 33.0 Å². The maximum Gasteiger partial charge on any atom is 0.305 e. The second-order valence-corrected chi connectivity index (χ2v) is 5.52. The number of aryl methyl sites for hydroxylation is 1. The van der Waals surface area contributed by atoms with Gasteiger partial charge in [0.2, 0.25) is 0 Å². The number of rotatable bonds is 1. The van der Waals surface area contributed by atoms with Crippen molar-refractivity contribution in [2.45, 2.75) is 11.9 Å². The summed E-state index contributed by atoms with van der Waals surface area (Å²) in [6.45, 7) is 2.04. The maximum absolute atomic E-state index is 11.2. The van der Waals surface area contributed by atoms with Gasteiger partial charge in [0.15, 0.2) is 0 Å². The molecule has 3 rings (SSSR count). The van der Waals surface area contributed by atoms with Gasteiger partial charge in [0.25, 0.3) is 0 Å². The smallest absolute Gasteiger partial charge is 0.305 e. The van der Waals surface area contributed by atoms with Crippen LogP contribution in [-0.2, 0) is 0 Å². The minimum atomic E-state index is -0.0914. The van der Waals surface area contributed by atoms with Crippen LogP contribution in [0.25, 0.3) is 11.6 Å². The van der Waals surface area contributed by atoms with E-state index in [-0.39, 0.29) is 4.87 Å². The lowest BCUT2D eigenvalue weighted by Crippen LogP contribution is -1.89. The number of hydrogen-bond acceptors (Lipinski definition) is 4. The molecule has 0 saturated carbocycles. The van der Waals surface area contributed by atoms with Crippen LogP contribution in [0.4, 0.5) is 5.69 Å². The van der Waals surface area contributed by atoms with Gasteiger partial charge in [-0.2, -0.15) is 0 Å². The average Bonchev–Trinajstić information content (AvgIpc) is 2.86. The molecule has 0 bridgehead atoms. The van der Waals surface area contributed by atoms with Crippen molar-refractivity contribution in [2.24, 2.45) is 4.99 Å². The quantitative estimate of drug-likeness (QED) is 0.770. The van der Waals surface area contributed by atoms with Gasteiger partial charge in [0.1, 0.15) is 0 Å². The highest BCUT2D eigenvalue weighted by molar-refractivity contribution is 7.80. The summed E-state index contributed by atoms with van der Waals surface area (Å²) >= 11 is 5.40. The molecule has 3 nitrogen and oxygen atoms in total. The Hall–Kier alpha value is -1.59. The molecule has 90 valence electrons. The number of aromatic amines is 1. The average molecular weight is 274 g/mol. The Morgan fingerprint density at radius 3 is 3.00 bits per heavy atom. The summed E-state index contributed by atoms with van der Waals surface area (Å²) in [5, 5.41) is 0.604. The van der Waals surface area contributed by atoms with Gasteiger partial charge in [-0.3, -0.25) is 9.79 Å². The molecule has 0 aliphatic carbocycles. The molecule has 18 heavy (non-hydrogen) atoms. The van der Waals surface area contributed by atoms with Crippen LogP contribution in [0.2, 0.25) is 0 Å². The van der Waals surface area contributed by atoms with Gasteiger partial charge >= 0.3 is 4.87 Å². The van der Waals surface area contributed by atoms with Crippen molar-refractivity contribution in [1.29, 1.82) is 0 Å². The number of benzene rings is 1. The zero-order valence-corrected chi connectivity index (χ0v) is 11.3. The summed E-state index contributed by atoms with van der Waals surface area (Å²) in [6, 6.07) is 6.09. The van der Waals surface area contributed by atoms with Gasteiger partial charge in [-0.05, 0) is 18.6 Å². The van der Waals surface area contributed by atoms with Gasteiger partial charge < -0.3 is 4.98 Å². The fraction of sp³-hybridized carbons (Fsp3) is 0.0769. The summed E-state index contributed by atoms with van der Waals surface area (Å²) in [5.74, 6) is 0. The monoisotopic (exact) mass is 274 g/mol. The van der Waals surface area contributed by atoms with Gasteiger partial charge in [-0.15, -0.1) is 12.6 Å². The first-order chi connectivity index (χ1) is 8.65. The molecule has 0 radical (unpaired) electrons. The normalized spacial score (nSPS) is 15.3. The number of nitrogens with one attached hydrogen (secondary N) is 1. The molecule has 2 heterocycles. The second-order valence-electron chi connectivity index (χ2n) is 4.06. The second kappa shape index (κ2) is 4.26. The highest BCUT2D eigenvalue weighted by atomic mass is 32.1. The standard InChI is InChI=1S/C13H10N2OS2/c1-7-3-2-4-9-8(6-14-11(7)9)5-10-12(17)15-13(16)18-10/h2-6,17H,1H3,(H,15,16). The van der Waals surface area contributed by atoms with Gasteiger partial charge in [-0.25, -0.2) is 0 Å². The van der Waals surface area contributed by atoms with E-state index in [1.165, 1.54) is 0 Å². The number of thiol groups is 1. The van der Waals surface area contributed by atoms with E-state index >= 15 is 0 Å². The van der Waals surface area contributed by atoms with Gasteiger partial charge in [0, 0.05) is 17.4 Å². The van der Waals surface area contributed by atoms with Crippen LogP contribution in [0.3, 0.4) is 0 Å². The topological polar surface area (TPSA) is 45.2 Å². The van der Waals surface area contributed by atoms with Crippen molar-refractivity contribution >= 4 is 47.5 Å². The van der Waals surface area contributed by atoms with E-state index < -0.39 is 0 Å². The van der Waals surface area contributed by atoms with Crippen molar-refractivity contribution < 1.29 is 0 Å². The summed E-state index contributed by atoms with van der Waals surface area (Å²) in [4.78, 5) is 19.0. The fourth-order valence-corrected chi connectivity index (χ4v) is 3.02. The first-order valence-electron chi connectivity index (χ1n) is 5.43. The highest BCUT2D eigenvalue weighted by Crippen LogP contribution is 2.35. The number of nitrogens with zero attached hydrogens (tertiary/aromatic N) is 1. The van der Waals surface area contributed by atoms with Crippen molar-refractivity contribution in [1.82, 2.24) is 4.98 Å². The molecule has 0 fully saturated rings. The summed E-state index contributed by atoms with van der Waals surface area (Å²) in [6.07, 6.45) is 3.77. The molecule has 1 aromatic carbocycles. The first-order valence-corrected chi connectivity index (χ1v) is 6.69. The molecule has 0 spiro atoms. The van der Waals surface area contributed by atoms with E-state index in [9.17, 15) is 4.79 Å². The van der Waals surface area contributed by atoms with Crippen LogP contribution in [-0.4, -0.2) is 11.2 Å². The molecule has 5 heteroatoms. The van der Waals surface area contributed by atoms with Crippen molar-refractivity contribution in [2.75, 3.05) is 0 Å². The molecule has 0 atom stereocenters. The Labute approximate surface area is 113 Å². The van der Waals surface area contributed by atoms with E-state index in [0.29, 0.717) is 5.03 Å². The molecular formula is C13H10N2OS2. The van der Waals surface area contributed by atoms with Gasteiger partial charge in [-0.1, -0.05) is 29.5 Å². The van der Waals surface area contributed by atoms with Gasteiger partial charge in [0.05, 0.1) is 15.6 Å². The maximum atomic E-state index is 11.2. The molecule has 0 amide bonds. The van der Waals surface area contributed by atoms with Crippen LogP contribution in [0.1, 0.15) is 16.0 Å². The van der Waals surface area contributed by atoms with Crippen molar-refractivity contribution in [3.8, 4) is 0 Å². The lowest BCUT2D eigenvalue weighted by molar-refractivity contribution is 1.16. The number of aromatic nitrogens is 1. The Morgan fingerprint density at radius 2 is 2.28 bits per heavy atom. The zero-order chi connectivity index (χ0) is 12.7. The number of para-hydroxylation sites is 1. The Bertz CT molecular complexity index is 738. The molecule has 1 aliphatic rings. The third-order valence-corrected chi connectivity index (χ3v) is 4.16. The Kier molecular flexibility index (Phi) is 2.72. The fourth-order valence-electron chi connectivity index (χ4n) is 1.95. The Morgan fingerprint density at radius 1 is 1.44 bits per heavy atom. The number of fused-ring (bicyclic) bond motifs is 1. The predicted molar refractivity (Wildman–Crippen MR) is 79.4 cm³/mol.